The Labute approximate surface area is 118 Å². The largest absolute Gasteiger partial charge is 0.310 e. The summed E-state index contributed by atoms with van der Waals surface area (Å²) in [5.41, 5.74) is 4.53. The van der Waals surface area contributed by atoms with Crippen molar-refractivity contribution in [3.8, 4) is 0 Å². The number of aryl methyl sites for hydroxylation is 2. The molecule has 1 atom stereocenters. The Kier molecular flexibility index (Phi) is 3.95. The number of hydrogen-bond acceptors (Lipinski definition) is 3. The van der Waals surface area contributed by atoms with Crippen LogP contribution in [0, 0.1) is 0 Å². The fourth-order valence-corrected chi connectivity index (χ4v) is 3.37. The molecule has 0 spiro atoms. The zero-order valence-electron chi connectivity index (χ0n) is 11.4. The predicted molar refractivity (Wildman–Crippen MR) is 80.7 cm³/mol. The zero-order chi connectivity index (χ0) is 13.1. The Balaban J connectivity index is 1.56. The van der Waals surface area contributed by atoms with E-state index in [1.807, 2.05) is 11.6 Å². The Morgan fingerprint density at radius 3 is 3.05 bits per heavy atom. The Hall–Kier alpha value is -1.19. The number of rotatable bonds is 5. The minimum atomic E-state index is 0.422. The molecule has 3 rings (SSSR count). The van der Waals surface area contributed by atoms with Crippen LogP contribution in [0.1, 0.15) is 41.1 Å². The van der Waals surface area contributed by atoms with Crippen molar-refractivity contribution < 1.29 is 0 Å². The van der Waals surface area contributed by atoms with E-state index in [1.165, 1.54) is 29.8 Å². The van der Waals surface area contributed by atoms with Crippen LogP contribution in [0.4, 0.5) is 0 Å². The third kappa shape index (κ3) is 3.04. The molecule has 1 unspecified atom stereocenters. The molecule has 1 aromatic carbocycles. The fraction of sp³-hybridized carbons (Fsp3) is 0.438. The highest BCUT2D eigenvalue weighted by Crippen LogP contribution is 2.25. The van der Waals surface area contributed by atoms with Crippen molar-refractivity contribution in [3.63, 3.8) is 0 Å². The minimum absolute atomic E-state index is 0.422. The highest BCUT2D eigenvalue weighted by atomic mass is 32.1. The summed E-state index contributed by atoms with van der Waals surface area (Å²) in [6, 6.07) is 7.41. The molecule has 0 aliphatic heterocycles. The second-order valence-corrected chi connectivity index (χ2v) is 6.21. The van der Waals surface area contributed by atoms with Gasteiger partial charge in [-0.1, -0.05) is 18.2 Å². The van der Waals surface area contributed by atoms with Gasteiger partial charge in [0.2, 0.25) is 0 Å². The molecule has 0 saturated carbocycles. The first-order valence-electron chi connectivity index (χ1n) is 7.06. The molecule has 1 aliphatic rings. The second kappa shape index (κ2) is 5.85. The Morgan fingerprint density at radius 2 is 2.21 bits per heavy atom. The van der Waals surface area contributed by atoms with E-state index >= 15 is 0 Å². The van der Waals surface area contributed by atoms with E-state index in [1.54, 1.807) is 22.5 Å². The third-order valence-corrected chi connectivity index (χ3v) is 4.73. The van der Waals surface area contributed by atoms with Gasteiger partial charge < -0.3 is 5.32 Å². The van der Waals surface area contributed by atoms with Gasteiger partial charge in [-0.3, -0.25) is 0 Å². The quantitative estimate of drug-likeness (QED) is 0.900. The number of nitrogens with zero attached hydrogens (tertiary/aromatic N) is 1. The normalized spacial score (nSPS) is 15.4. The molecule has 2 nitrogen and oxygen atoms in total. The smallest absolute Gasteiger partial charge is 0.0937 e. The van der Waals surface area contributed by atoms with Gasteiger partial charge in [0.25, 0.3) is 0 Å². The Morgan fingerprint density at radius 1 is 1.32 bits per heavy atom. The van der Waals surface area contributed by atoms with Crippen LogP contribution in [0.15, 0.2) is 29.8 Å². The topological polar surface area (TPSA) is 24.9 Å². The van der Waals surface area contributed by atoms with Crippen molar-refractivity contribution in [3.05, 3.63) is 51.5 Å². The molecule has 1 aliphatic carbocycles. The SMILES string of the molecule is CC(NCCc1nccs1)c1ccc2c(c1)CCC2. The summed E-state index contributed by atoms with van der Waals surface area (Å²) >= 11 is 1.74. The molecule has 0 bridgehead atoms. The lowest BCUT2D eigenvalue weighted by atomic mass is 10.0. The van der Waals surface area contributed by atoms with Crippen LogP contribution in [0.3, 0.4) is 0 Å². The summed E-state index contributed by atoms with van der Waals surface area (Å²) in [6.45, 7) is 3.24. The third-order valence-electron chi connectivity index (χ3n) is 3.90. The molecule has 19 heavy (non-hydrogen) atoms. The van der Waals surface area contributed by atoms with Gasteiger partial charge in [-0.15, -0.1) is 11.3 Å². The summed E-state index contributed by atoms with van der Waals surface area (Å²) in [5, 5.41) is 6.85. The van der Waals surface area contributed by atoms with Crippen LogP contribution in [0.5, 0.6) is 0 Å². The molecular formula is C16H20N2S. The van der Waals surface area contributed by atoms with E-state index in [-0.39, 0.29) is 0 Å². The van der Waals surface area contributed by atoms with E-state index in [2.05, 4.69) is 35.4 Å². The summed E-state index contributed by atoms with van der Waals surface area (Å²) < 4.78 is 0. The first-order chi connectivity index (χ1) is 9.33. The molecular weight excluding hydrogens is 252 g/mol. The second-order valence-electron chi connectivity index (χ2n) is 5.23. The van der Waals surface area contributed by atoms with Crippen molar-refractivity contribution in [2.75, 3.05) is 6.54 Å². The summed E-state index contributed by atoms with van der Waals surface area (Å²) in [6.07, 6.45) is 6.75. The van der Waals surface area contributed by atoms with E-state index in [0.717, 1.165) is 13.0 Å². The maximum atomic E-state index is 4.31. The molecule has 1 heterocycles. The molecule has 0 amide bonds. The fourth-order valence-electron chi connectivity index (χ4n) is 2.75. The van der Waals surface area contributed by atoms with Gasteiger partial charge in [0.05, 0.1) is 5.01 Å². The lowest BCUT2D eigenvalue weighted by Crippen LogP contribution is -2.21. The molecule has 100 valence electrons. The van der Waals surface area contributed by atoms with Gasteiger partial charge in [0.15, 0.2) is 0 Å². The van der Waals surface area contributed by atoms with Gasteiger partial charge >= 0.3 is 0 Å². The van der Waals surface area contributed by atoms with Crippen molar-refractivity contribution in [2.24, 2.45) is 0 Å². The van der Waals surface area contributed by atoms with Crippen LogP contribution < -0.4 is 5.32 Å². The van der Waals surface area contributed by atoms with Gasteiger partial charge in [0.1, 0.15) is 0 Å². The molecule has 3 heteroatoms. The maximum Gasteiger partial charge on any atom is 0.0937 e. The van der Waals surface area contributed by atoms with Gasteiger partial charge in [-0.2, -0.15) is 0 Å². The van der Waals surface area contributed by atoms with Gasteiger partial charge in [0, 0.05) is 30.6 Å². The number of nitrogens with one attached hydrogen (secondary N) is 1. The lowest BCUT2D eigenvalue weighted by molar-refractivity contribution is 0.576. The number of aromatic nitrogens is 1. The first kappa shape index (κ1) is 12.8. The van der Waals surface area contributed by atoms with E-state index in [4.69, 9.17) is 0 Å². The van der Waals surface area contributed by atoms with Gasteiger partial charge in [-0.25, -0.2) is 4.98 Å². The summed E-state index contributed by atoms with van der Waals surface area (Å²) in [4.78, 5) is 4.31. The summed E-state index contributed by atoms with van der Waals surface area (Å²) in [7, 11) is 0. The van der Waals surface area contributed by atoms with Crippen molar-refractivity contribution in [2.45, 2.75) is 38.6 Å². The number of fused-ring (bicyclic) bond motifs is 1. The van der Waals surface area contributed by atoms with Crippen molar-refractivity contribution in [1.29, 1.82) is 0 Å². The van der Waals surface area contributed by atoms with Crippen molar-refractivity contribution in [1.82, 2.24) is 10.3 Å². The average molecular weight is 272 g/mol. The van der Waals surface area contributed by atoms with E-state index in [0.29, 0.717) is 6.04 Å². The number of thiazole rings is 1. The zero-order valence-corrected chi connectivity index (χ0v) is 12.2. The number of hydrogen-bond donors (Lipinski definition) is 1. The van der Waals surface area contributed by atoms with Crippen LogP contribution in [-0.4, -0.2) is 11.5 Å². The van der Waals surface area contributed by atoms with Crippen molar-refractivity contribution >= 4 is 11.3 Å². The first-order valence-corrected chi connectivity index (χ1v) is 7.94. The Bertz CT molecular complexity index is 534. The number of benzene rings is 1. The standard InChI is InChI=1S/C16H20N2S/c1-12(17-8-7-16-18-9-10-19-16)14-6-5-13-3-2-4-15(13)11-14/h5-6,9-12,17H,2-4,7-8H2,1H3. The highest BCUT2D eigenvalue weighted by molar-refractivity contribution is 7.09. The molecule has 1 N–H and O–H groups in total. The molecule has 0 radical (unpaired) electrons. The lowest BCUT2D eigenvalue weighted by Gasteiger charge is -2.15. The van der Waals surface area contributed by atoms with Crippen LogP contribution >= 0.6 is 11.3 Å². The molecule has 0 fully saturated rings. The highest BCUT2D eigenvalue weighted by Gasteiger charge is 2.13. The van der Waals surface area contributed by atoms with Gasteiger partial charge in [-0.05, 0) is 42.9 Å². The van der Waals surface area contributed by atoms with Crippen LogP contribution in [0.2, 0.25) is 0 Å². The maximum absolute atomic E-state index is 4.31. The predicted octanol–water partition coefficient (Wildman–Crippen LogP) is 3.53. The minimum Gasteiger partial charge on any atom is -0.310 e. The molecule has 0 saturated heterocycles. The molecule has 2 aromatic rings. The van der Waals surface area contributed by atoms with Crippen LogP contribution in [0.25, 0.3) is 0 Å². The molecule has 1 aromatic heterocycles. The van der Waals surface area contributed by atoms with Crippen LogP contribution in [-0.2, 0) is 19.3 Å². The monoisotopic (exact) mass is 272 g/mol. The summed E-state index contributed by atoms with van der Waals surface area (Å²) in [5.74, 6) is 0. The van der Waals surface area contributed by atoms with E-state index < -0.39 is 0 Å². The average Bonchev–Trinajstić information content (AvgIpc) is 3.08. The van der Waals surface area contributed by atoms with E-state index in [9.17, 15) is 0 Å².